The first-order valence-corrected chi connectivity index (χ1v) is 5.91. The van der Waals surface area contributed by atoms with Crippen molar-refractivity contribution in [1.29, 1.82) is 0 Å². The third kappa shape index (κ3) is 2.13. The number of furan rings is 1. The lowest BCUT2D eigenvalue weighted by Gasteiger charge is -2.19. The van der Waals surface area contributed by atoms with Crippen molar-refractivity contribution in [3.63, 3.8) is 0 Å². The molecule has 1 amide bonds. The van der Waals surface area contributed by atoms with Crippen LogP contribution in [0.25, 0.3) is 0 Å². The molecule has 0 saturated carbocycles. The van der Waals surface area contributed by atoms with Crippen molar-refractivity contribution in [2.45, 2.75) is 45.6 Å². The summed E-state index contributed by atoms with van der Waals surface area (Å²) >= 11 is 0. The van der Waals surface area contributed by atoms with E-state index in [-0.39, 0.29) is 17.9 Å². The molecule has 0 bridgehead atoms. The van der Waals surface area contributed by atoms with Crippen molar-refractivity contribution < 1.29 is 9.21 Å². The summed E-state index contributed by atoms with van der Waals surface area (Å²) in [5.41, 5.74) is 1.15. The van der Waals surface area contributed by atoms with Crippen LogP contribution >= 0.6 is 0 Å². The van der Waals surface area contributed by atoms with Crippen LogP contribution in [0.3, 0.4) is 0 Å². The van der Waals surface area contributed by atoms with Crippen LogP contribution in [0.4, 0.5) is 0 Å². The number of aryl methyl sites for hydroxylation is 1. The average Bonchev–Trinajstić information content (AvgIpc) is 2.71. The number of rotatable bonds is 3. The Hall–Kier alpha value is -1.25. The molecule has 1 N–H and O–H groups in total. The molecule has 1 fully saturated rings. The van der Waals surface area contributed by atoms with Gasteiger partial charge in [0, 0.05) is 18.4 Å². The van der Waals surface area contributed by atoms with Crippen LogP contribution in [0.1, 0.15) is 43.9 Å². The summed E-state index contributed by atoms with van der Waals surface area (Å²) in [6, 6.07) is 2.20. The molecule has 0 aliphatic carbocycles. The van der Waals surface area contributed by atoms with Crippen molar-refractivity contribution in [3.05, 3.63) is 23.7 Å². The number of hydrogen-bond acceptors (Lipinski definition) is 2. The van der Waals surface area contributed by atoms with Crippen molar-refractivity contribution in [2.75, 3.05) is 0 Å². The molecule has 0 spiro atoms. The summed E-state index contributed by atoms with van der Waals surface area (Å²) in [5, 5.41) is 3.05. The van der Waals surface area contributed by atoms with Gasteiger partial charge >= 0.3 is 0 Å². The lowest BCUT2D eigenvalue weighted by atomic mass is 9.90. The normalized spacial score (nSPS) is 25.1. The monoisotopic (exact) mass is 221 g/mol. The number of carbonyl (C=O) groups excluding carboxylic acids is 1. The number of nitrogens with one attached hydrogen (secondary N) is 1. The molecule has 1 aliphatic heterocycles. The fraction of sp³-hybridized carbons (Fsp3) is 0.615. The average molecular weight is 221 g/mol. The van der Waals surface area contributed by atoms with Gasteiger partial charge < -0.3 is 9.73 Å². The summed E-state index contributed by atoms with van der Waals surface area (Å²) in [4.78, 5) is 11.5. The van der Waals surface area contributed by atoms with Gasteiger partial charge in [-0.3, -0.25) is 4.79 Å². The van der Waals surface area contributed by atoms with Crippen LogP contribution in [0.2, 0.25) is 0 Å². The SMILES string of the molecule is Cc1ccoc1C1CC(=O)NC1CC(C)C. The Balaban J connectivity index is 2.19. The van der Waals surface area contributed by atoms with E-state index in [0.717, 1.165) is 17.7 Å². The first kappa shape index (κ1) is 11.2. The largest absolute Gasteiger partial charge is 0.469 e. The first-order valence-electron chi connectivity index (χ1n) is 5.91. The Bertz CT molecular complexity index is 381. The Morgan fingerprint density at radius 2 is 2.31 bits per heavy atom. The van der Waals surface area contributed by atoms with E-state index in [9.17, 15) is 4.79 Å². The topological polar surface area (TPSA) is 42.2 Å². The van der Waals surface area contributed by atoms with Crippen molar-refractivity contribution in [2.24, 2.45) is 5.92 Å². The Morgan fingerprint density at radius 3 is 2.88 bits per heavy atom. The van der Waals surface area contributed by atoms with Gasteiger partial charge in [0.1, 0.15) is 5.76 Å². The molecule has 3 heteroatoms. The summed E-state index contributed by atoms with van der Waals surface area (Å²) in [5.74, 6) is 1.92. The van der Waals surface area contributed by atoms with E-state index in [2.05, 4.69) is 19.2 Å². The van der Waals surface area contributed by atoms with Gasteiger partial charge in [0.05, 0.1) is 6.26 Å². The van der Waals surface area contributed by atoms with E-state index in [0.29, 0.717) is 12.3 Å². The highest BCUT2D eigenvalue weighted by molar-refractivity contribution is 5.80. The van der Waals surface area contributed by atoms with E-state index in [4.69, 9.17) is 4.42 Å². The third-order valence-corrected chi connectivity index (χ3v) is 3.20. The van der Waals surface area contributed by atoms with Crippen LogP contribution in [0.5, 0.6) is 0 Å². The third-order valence-electron chi connectivity index (χ3n) is 3.20. The second-order valence-corrected chi connectivity index (χ2v) is 5.08. The minimum atomic E-state index is 0.145. The number of amides is 1. The minimum Gasteiger partial charge on any atom is -0.469 e. The standard InChI is InChI=1S/C13H19NO2/c1-8(2)6-11-10(7-12(15)14-11)13-9(3)4-5-16-13/h4-5,8,10-11H,6-7H2,1-3H3,(H,14,15). The maximum Gasteiger partial charge on any atom is 0.221 e. The van der Waals surface area contributed by atoms with Gasteiger partial charge in [-0.2, -0.15) is 0 Å². The molecular weight excluding hydrogens is 202 g/mol. The molecular formula is C13H19NO2. The highest BCUT2D eigenvalue weighted by atomic mass is 16.3. The molecule has 2 unspecified atom stereocenters. The van der Waals surface area contributed by atoms with Crippen LogP contribution in [0, 0.1) is 12.8 Å². The van der Waals surface area contributed by atoms with Gasteiger partial charge in [-0.15, -0.1) is 0 Å². The molecule has 0 aromatic carbocycles. The Morgan fingerprint density at radius 1 is 1.56 bits per heavy atom. The van der Waals surface area contributed by atoms with E-state index in [1.54, 1.807) is 6.26 Å². The quantitative estimate of drug-likeness (QED) is 0.852. The van der Waals surface area contributed by atoms with Crippen molar-refractivity contribution >= 4 is 5.91 Å². The van der Waals surface area contributed by atoms with Crippen molar-refractivity contribution in [1.82, 2.24) is 5.32 Å². The van der Waals surface area contributed by atoms with E-state index in [1.165, 1.54) is 0 Å². The fourth-order valence-electron chi connectivity index (χ4n) is 2.48. The molecule has 1 aromatic rings. The zero-order valence-electron chi connectivity index (χ0n) is 10.1. The van der Waals surface area contributed by atoms with E-state index in [1.807, 2.05) is 13.0 Å². The molecule has 2 atom stereocenters. The number of carbonyl (C=O) groups is 1. The van der Waals surface area contributed by atoms with Gasteiger partial charge in [-0.05, 0) is 30.9 Å². The summed E-state index contributed by atoms with van der Waals surface area (Å²) in [6.45, 7) is 6.39. The van der Waals surface area contributed by atoms with Crippen LogP contribution in [-0.2, 0) is 4.79 Å². The fourth-order valence-corrected chi connectivity index (χ4v) is 2.48. The highest BCUT2D eigenvalue weighted by Gasteiger charge is 2.36. The molecule has 1 aromatic heterocycles. The summed E-state index contributed by atoms with van der Waals surface area (Å²) < 4.78 is 5.52. The van der Waals surface area contributed by atoms with E-state index >= 15 is 0 Å². The highest BCUT2D eigenvalue weighted by Crippen LogP contribution is 2.33. The minimum absolute atomic E-state index is 0.145. The van der Waals surface area contributed by atoms with Gasteiger partial charge in [0.25, 0.3) is 0 Å². The van der Waals surface area contributed by atoms with Crippen LogP contribution < -0.4 is 5.32 Å². The zero-order valence-corrected chi connectivity index (χ0v) is 10.1. The molecule has 3 nitrogen and oxygen atoms in total. The maximum absolute atomic E-state index is 11.5. The predicted octanol–water partition coefficient (Wildman–Crippen LogP) is 2.61. The second-order valence-electron chi connectivity index (χ2n) is 5.08. The maximum atomic E-state index is 11.5. The van der Waals surface area contributed by atoms with Crippen LogP contribution in [-0.4, -0.2) is 11.9 Å². The number of hydrogen-bond donors (Lipinski definition) is 1. The Labute approximate surface area is 96.2 Å². The van der Waals surface area contributed by atoms with Crippen LogP contribution in [0.15, 0.2) is 16.7 Å². The van der Waals surface area contributed by atoms with Crippen molar-refractivity contribution in [3.8, 4) is 0 Å². The Kier molecular flexibility index (Phi) is 3.03. The predicted molar refractivity (Wildman–Crippen MR) is 62.2 cm³/mol. The molecule has 2 heterocycles. The van der Waals surface area contributed by atoms with Gasteiger partial charge in [0.15, 0.2) is 0 Å². The van der Waals surface area contributed by atoms with E-state index < -0.39 is 0 Å². The second kappa shape index (κ2) is 4.32. The molecule has 88 valence electrons. The molecule has 16 heavy (non-hydrogen) atoms. The molecule has 2 rings (SSSR count). The lowest BCUT2D eigenvalue weighted by Crippen LogP contribution is -2.29. The lowest BCUT2D eigenvalue weighted by molar-refractivity contribution is -0.119. The van der Waals surface area contributed by atoms with Gasteiger partial charge in [-0.1, -0.05) is 13.8 Å². The smallest absolute Gasteiger partial charge is 0.221 e. The summed E-state index contributed by atoms with van der Waals surface area (Å²) in [6.07, 6.45) is 3.28. The molecule has 1 aliphatic rings. The van der Waals surface area contributed by atoms with Gasteiger partial charge in [-0.25, -0.2) is 0 Å². The molecule has 0 radical (unpaired) electrons. The first-order chi connectivity index (χ1) is 7.58. The zero-order chi connectivity index (χ0) is 11.7. The van der Waals surface area contributed by atoms with Gasteiger partial charge in [0.2, 0.25) is 5.91 Å². The molecule has 1 saturated heterocycles. The summed E-state index contributed by atoms with van der Waals surface area (Å²) in [7, 11) is 0.